The summed E-state index contributed by atoms with van der Waals surface area (Å²) in [6, 6.07) is 12.0. The first-order valence-corrected chi connectivity index (χ1v) is 7.68. The monoisotopic (exact) mass is 335 g/mol. The van der Waals surface area contributed by atoms with E-state index in [2.05, 4.69) is 20.6 Å². The van der Waals surface area contributed by atoms with Gasteiger partial charge in [-0.25, -0.2) is 4.68 Å². The van der Waals surface area contributed by atoms with Gasteiger partial charge in [0.25, 0.3) is 11.5 Å². The largest absolute Gasteiger partial charge is 0.449 e. The van der Waals surface area contributed by atoms with E-state index in [-0.39, 0.29) is 30.3 Å². The van der Waals surface area contributed by atoms with Crippen molar-refractivity contribution >= 4 is 27.9 Å². The van der Waals surface area contributed by atoms with Crippen LogP contribution in [0.4, 0.5) is 0 Å². The Bertz CT molecular complexity index is 1100. The second kappa shape index (κ2) is 6.16. The van der Waals surface area contributed by atoms with Crippen LogP contribution in [-0.2, 0) is 6.54 Å². The van der Waals surface area contributed by atoms with E-state index in [1.54, 1.807) is 48.7 Å². The Balaban J connectivity index is 1.46. The van der Waals surface area contributed by atoms with Gasteiger partial charge in [0.05, 0.1) is 11.9 Å². The van der Waals surface area contributed by atoms with Crippen molar-refractivity contribution in [1.29, 1.82) is 0 Å². The molecule has 0 aliphatic heterocycles. The number of carbonyl (C=O) groups is 1. The van der Waals surface area contributed by atoms with Gasteiger partial charge in [0, 0.05) is 18.8 Å². The van der Waals surface area contributed by atoms with Gasteiger partial charge in [0.1, 0.15) is 11.0 Å². The molecule has 4 rings (SSSR count). The minimum Gasteiger partial charge on any atom is -0.449 e. The highest BCUT2D eigenvalue weighted by Gasteiger charge is 2.12. The minimum absolute atomic E-state index is 0.172. The topological polar surface area (TPSA) is 103 Å². The van der Waals surface area contributed by atoms with Gasteiger partial charge in [0.2, 0.25) is 0 Å². The zero-order valence-electron chi connectivity index (χ0n) is 13.0. The lowest BCUT2D eigenvalue weighted by atomic mass is 10.2. The number of amides is 1. The van der Waals surface area contributed by atoms with Gasteiger partial charge in [0.15, 0.2) is 11.3 Å². The summed E-state index contributed by atoms with van der Waals surface area (Å²) in [4.78, 5) is 28.6. The summed E-state index contributed by atoms with van der Waals surface area (Å²) in [5.41, 5.74) is 1.46. The van der Waals surface area contributed by atoms with Crippen LogP contribution in [-0.4, -0.2) is 32.4 Å². The zero-order chi connectivity index (χ0) is 17.2. The fraction of sp³-hybridized carbons (Fsp3) is 0.118. The standard InChI is InChI=1S/C17H13N5O3/c23-16(15-10-13-14(25-15)6-3-7-18-13)19-8-9-22-17(24)11-4-1-2-5-12(11)20-21-22/h1-7,10H,8-9H2,(H,19,23). The van der Waals surface area contributed by atoms with Crippen molar-refractivity contribution in [2.75, 3.05) is 6.54 Å². The molecule has 1 amide bonds. The van der Waals surface area contributed by atoms with Crippen LogP contribution in [0.5, 0.6) is 0 Å². The molecule has 3 aromatic heterocycles. The number of hydrogen-bond acceptors (Lipinski definition) is 6. The molecule has 0 bridgehead atoms. The predicted molar refractivity (Wildman–Crippen MR) is 90.1 cm³/mol. The maximum absolute atomic E-state index is 12.3. The van der Waals surface area contributed by atoms with Gasteiger partial charge >= 0.3 is 0 Å². The van der Waals surface area contributed by atoms with Crippen LogP contribution in [0.3, 0.4) is 0 Å². The van der Waals surface area contributed by atoms with E-state index in [4.69, 9.17) is 4.42 Å². The molecule has 0 aliphatic rings. The highest BCUT2D eigenvalue weighted by Crippen LogP contribution is 2.16. The molecule has 25 heavy (non-hydrogen) atoms. The molecule has 0 atom stereocenters. The molecule has 0 spiro atoms. The van der Waals surface area contributed by atoms with E-state index in [0.717, 1.165) is 0 Å². The molecule has 0 saturated heterocycles. The molecule has 0 aliphatic carbocycles. The Labute approximate surface area is 141 Å². The number of benzene rings is 1. The second-order valence-corrected chi connectivity index (χ2v) is 5.39. The van der Waals surface area contributed by atoms with Gasteiger partial charge in [-0.2, -0.15) is 0 Å². The number of nitrogens with zero attached hydrogens (tertiary/aromatic N) is 4. The number of hydrogen-bond donors (Lipinski definition) is 1. The molecule has 0 fully saturated rings. The molecular weight excluding hydrogens is 322 g/mol. The molecule has 124 valence electrons. The average Bonchev–Trinajstić information content (AvgIpc) is 3.08. The Morgan fingerprint density at radius 1 is 1.16 bits per heavy atom. The lowest BCUT2D eigenvalue weighted by molar-refractivity contribution is 0.0926. The first-order chi connectivity index (χ1) is 12.2. The summed E-state index contributed by atoms with van der Waals surface area (Å²) < 4.78 is 6.67. The molecule has 0 unspecified atom stereocenters. The average molecular weight is 335 g/mol. The Kier molecular flexibility index (Phi) is 3.70. The summed E-state index contributed by atoms with van der Waals surface area (Å²) in [5, 5.41) is 11.1. The number of pyridine rings is 1. The lowest BCUT2D eigenvalue weighted by Crippen LogP contribution is -2.32. The van der Waals surface area contributed by atoms with Crippen LogP contribution in [0.15, 0.2) is 57.9 Å². The van der Waals surface area contributed by atoms with E-state index in [0.29, 0.717) is 22.0 Å². The summed E-state index contributed by atoms with van der Waals surface area (Å²) in [6.07, 6.45) is 1.63. The first kappa shape index (κ1) is 15.0. The molecule has 8 nitrogen and oxygen atoms in total. The predicted octanol–water partition coefficient (Wildman–Crippen LogP) is 1.36. The van der Waals surface area contributed by atoms with Gasteiger partial charge in [-0.1, -0.05) is 17.3 Å². The summed E-state index contributed by atoms with van der Waals surface area (Å²) in [6.45, 7) is 0.428. The van der Waals surface area contributed by atoms with Gasteiger partial charge in [-0.15, -0.1) is 5.10 Å². The van der Waals surface area contributed by atoms with Gasteiger partial charge < -0.3 is 9.73 Å². The smallest absolute Gasteiger partial charge is 0.287 e. The molecular formula is C17H13N5O3. The van der Waals surface area contributed by atoms with Crippen LogP contribution >= 0.6 is 0 Å². The quantitative estimate of drug-likeness (QED) is 0.604. The molecule has 8 heteroatoms. The van der Waals surface area contributed by atoms with Gasteiger partial charge in [-0.3, -0.25) is 14.6 Å². The van der Waals surface area contributed by atoms with E-state index >= 15 is 0 Å². The Morgan fingerprint density at radius 3 is 2.92 bits per heavy atom. The highest BCUT2D eigenvalue weighted by atomic mass is 16.3. The molecule has 0 saturated carbocycles. The Morgan fingerprint density at radius 2 is 2.04 bits per heavy atom. The molecule has 1 aromatic carbocycles. The van der Waals surface area contributed by atoms with Crippen LogP contribution in [0, 0.1) is 0 Å². The van der Waals surface area contributed by atoms with E-state index in [9.17, 15) is 9.59 Å². The molecule has 3 heterocycles. The second-order valence-electron chi connectivity index (χ2n) is 5.39. The van der Waals surface area contributed by atoms with Crippen molar-refractivity contribution in [2.45, 2.75) is 6.54 Å². The van der Waals surface area contributed by atoms with Crippen LogP contribution in [0.25, 0.3) is 22.0 Å². The third-order valence-electron chi connectivity index (χ3n) is 3.75. The number of furan rings is 1. The summed E-state index contributed by atoms with van der Waals surface area (Å²) in [7, 11) is 0. The van der Waals surface area contributed by atoms with Crippen molar-refractivity contribution in [3.63, 3.8) is 0 Å². The zero-order valence-corrected chi connectivity index (χ0v) is 13.0. The Hall–Kier alpha value is -3.55. The van der Waals surface area contributed by atoms with Crippen molar-refractivity contribution in [3.05, 3.63) is 64.8 Å². The van der Waals surface area contributed by atoms with Crippen molar-refractivity contribution in [1.82, 2.24) is 25.3 Å². The highest BCUT2D eigenvalue weighted by molar-refractivity contribution is 5.95. The third-order valence-corrected chi connectivity index (χ3v) is 3.75. The number of carbonyl (C=O) groups excluding carboxylic acids is 1. The van der Waals surface area contributed by atoms with Gasteiger partial charge in [-0.05, 0) is 24.3 Å². The fourth-order valence-electron chi connectivity index (χ4n) is 2.51. The molecule has 0 radical (unpaired) electrons. The third kappa shape index (κ3) is 2.85. The van der Waals surface area contributed by atoms with E-state index in [1.165, 1.54) is 4.68 Å². The van der Waals surface area contributed by atoms with Crippen LogP contribution < -0.4 is 10.9 Å². The van der Waals surface area contributed by atoms with Crippen molar-refractivity contribution in [2.24, 2.45) is 0 Å². The van der Waals surface area contributed by atoms with Crippen molar-refractivity contribution < 1.29 is 9.21 Å². The normalized spacial score (nSPS) is 11.0. The molecule has 1 N–H and O–H groups in total. The number of rotatable bonds is 4. The van der Waals surface area contributed by atoms with Crippen molar-refractivity contribution in [3.8, 4) is 0 Å². The maximum Gasteiger partial charge on any atom is 0.287 e. The summed E-state index contributed by atoms with van der Waals surface area (Å²) in [5.74, 6) is -0.203. The lowest BCUT2D eigenvalue weighted by Gasteiger charge is -2.05. The maximum atomic E-state index is 12.3. The summed E-state index contributed by atoms with van der Waals surface area (Å²) >= 11 is 0. The van der Waals surface area contributed by atoms with E-state index in [1.807, 2.05) is 0 Å². The molecule has 4 aromatic rings. The van der Waals surface area contributed by atoms with Crippen LogP contribution in [0.1, 0.15) is 10.6 Å². The number of fused-ring (bicyclic) bond motifs is 2. The number of nitrogens with one attached hydrogen (secondary N) is 1. The van der Waals surface area contributed by atoms with Crippen LogP contribution in [0.2, 0.25) is 0 Å². The SMILES string of the molecule is O=C(NCCn1nnc2ccccc2c1=O)c1cc2ncccc2o1. The minimum atomic E-state index is -0.375. The number of aromatic nitrogens is 4. The van der Waals surface area contributed by atoms with E-state index < -0.39 is 0 Å². The fourth-order valence-corrected chi connectivity index (χ4v) is 2.51. The first-order valence-electron chi connectivity index (χ1n) is 7.68.